The Bertz CT molecular complexity index is 503. The Kier molecular flexibility index (Phi) is 11.1. The molecule has 142 valence electrons. The minimum absolute atomic E-state index is 0.0657. The van der Waals surface area contributed by atoms with E-state index in [1.54, 1.807) is 0 Å². The van der Waals surface area contributed by atoms with Crippen molar-refractivity contribution in [3.8, 4) is 0 Å². The lowest BCUT2D eigenvalue weighted by molar-refractivity contribution is 0.0253. The molecular weight excluding hydrogens is 322 g/mol. The first kappa shape index (κ1) is 21.6. The summed E-state index contributed by atoms with van der Waals surface area (Å²) >= 11 is 0. The van der Waals surface area contributed by atoms with Gasteiger partial charge in [0, 0.05) is 0 Å². The van der Waals surface area contributed by atoms with Crippen LogP contribution < -0.4 is 0 Å². The molecule has 1 atom stereocenters. The summed E-state index contributed by atoms with van der Waals surface area (Å²) in [5.41, 5.74) is 0.0657. The number of hydrogen-bond acceptors (Lipinski definition) is 2. The fraction of sp³-hybridized carbons (Fsp3) is 0.667. The van der Waals surface area contributed by atoms with E-state index in [0.29, 0.717) is 0 Å². The van der Waals surface area contributed by atoms with Gasteiger partial charge in [0.15, 0.2) is 11.6 Å². The van der Waals surface area contributed by atoms with Crippen molar-refractivity contribution < 1.29 is 18.3 Å². The number of esters is 1. The molecule has 0 saturated heterocycles. The second-order valence-corrected chi connectivity index (χ2v) is 6.71. The Balaban J connectivity index is 2.33. The number of ether oxygens (including phenoxy) is 1. The zero-order valence-electron chi connectivity index (χ0n) is 15.7. The van der Waals surface area contributed by atoms with Crippen LogP contribution in [0, 0.1) is 11.6 Å². The summed E-state index contributed by atoms with van der Waals surface area (Å²) in [6.07, 6.45) is 12.3. The van der Waals surface area contributed by atoms with Crippen LogP contribution in [0.3, 0.4) is 0 Å². The van der Waals surface area contributed by atoms with Gasteiger partial charge in [-0.2, -0.15) is 0 Å². The quantitative estimate of drug-likeness (QED) is 0.287. The van der Waals surface area contributed by atoms with E-state index >= 15 is 0 Å². The molecule has 1 aromatic carbocycles. The molecule has 0 bridgehead atoms. The molecule has 0 N–H and O–H groups in total. The number of halogens is 2. The topological polar surface area (TPSA) is 26.3 Å². The molecule has 1 rings (SSSR count). The Labute approximate surface area is 151 Å². The van der Waals surface area contributed by atoms with E-state index < -0.39 is 17.6 Å². The van der Waals surface area contributed by atoms with E-state index in [4.69, 9.17) is 4.74 Å². The lowest BCUT2D eigenvalue weighted by Crippen LogP contribution is -2.18. The molecule has 0 aliphatic heterocycles. The molecule has 0 fully saturated rings. The zero-order chi connectivity index (χ0) is 18.5. The summed E-state index contributed by atoms with van der Waals surface area (Å²) in [7, 11) is 0. The fourth-order valence-corrected chi connectivity index (χ4v) is 2.93. The Morgan fingerprint density at radius 3 is 2.12 bits per heavy atom. The van der Waals surface area contributed by atoms with Crippen molar-refractivity contribution in [2.24, 2.45) is 0 Å². The number of benzene rings is 1. The Morgan fingerprint density at radius 1 is 0.880 bits per heavy atom. The summed E-state index contributed by atoms with van der Waals surface area (Å²) in [5, 5.41) is 0. The molecule has 1 aromatic rings. The summed E-state index contributed by atoms with van der Waals surface area (Å²) < 4.78 is 31.7. The van der Waals surface area contributed by atoms with Gasteiger partial charge in [0.2, 0.25) is 0 Å². The molecule has 25 heavy (non-hydrogen) atoms. The van der Waals surface area contributed by atoms with Crippen molar-refractivity contribution in [2.75, 3.05) is 0 Å². The van der Waals surface area contributed by atoms with E-state index in [9.17, 15) is 13.6 Å². The predicted octanol–water partition coefficient (Wildman–Crippen LogP) is 6.82. The average Bonchev–Trinajstić information content (AvgIpc) is 2.59. The highest BCUT2D eigenvalue weighted by Gasteiger charge is 2.16. The van der Waals surface area contributed by atoms with E-state index in [0.717, 1.165) is 44.2 Å². The lowest BCUT2D eigenvalue weighted by Gasteiger charge is -2.17. The molecule has 0 saturated carbocycles. The van der Waals surface area contributed by atoms with Gasteiger partial charge in [0.05, 0.1) is 5.56 Å². The van der Waals surface area contributed by atoms with E-state index in [1.165, 1.54) is 44.6 Å². The average molecular weight is 354 g/mol. The van der Waals surface area contributed by atoms with Gasteiger partial charge in [0.25, 0.3) is 0 Å². The van der Waals surface area contributed by atoms with Crippen molar-refractivity contribution >= 4 is 5.97 Å². The summed E-state index contributed by atoms with van der Waals surface area (Å²) in [6, 6.07) is 3.12. The molecule has 0 radical (unpaired) electrons. The van der Waals surface area contributed by atoms with Crippen molar-refractivity contribution in [1.82, 2.24) is 0 Å². The summed E-state index contributed by atoms with van der Waals surface area (Å²) in [5.74, 6) is -2.55. The maximum absolute atomic E-state index is 13.2. The molecule has 0 aromatic heterocycles. The van der Waals surface area contributed by atoms with Crippen molar-refractivity contribution in [3.63, 3.8) is 0 Å². The van der Waals surface area contributed by atoms with Crippen LogP contribution in [0.1, 0.15) is 94.8 Å². The Hall–Kier alpha value is -1.45. The van der Waals surface area contributed by atoms with Crippen molar-refractivity contribution in [2.45, 2.75) is 90.6 Å². The minimum Gasteiger partial charge on any atom is -0.459 e. The molecule has 1 unspecified atom stereocenters. The lowest BCUT2D eigenvalue weighted by atomic mass is 10.0. The van der Waals surface area contributed by atoms with Gasteiger partial charge in [-0.15, -0.1) is 0 Å². The van der Waals surface area contributed by atoms with Crippen LogP contribution in [0.15, 0.2) is 18.2 Å². The second-order valence-electron chi connectivity index (χ2n) is 6.71. The van der Waals surface area contributed by atoms with Crippen LogP contribution in [0.5, 0.6) is 0 Å². The number of carbonyl (C=O) groups excluding carboxylic acids is 1. The van der Waals surface area contributed by atoms with E-state index in [2.05, 4.69) is 6.92 Å². The molecule has 0 spiro atoms. The first-order chi connectivity index (χ1) is 12.1. The molecule has 0 aliphatic carbocycles. The fourth-order valence-electron chi connectivity index (χ4n) is 2.93. The van der Waals surface area contributed by atoms with E-state index in [-0.39, 0.29) is 11.7 Å². The molecule has 4 heteroatoms. The van der Waals surface area contributed by atoms with Crippen molar-refractivity contribution in [3.05, 3.63) is 35.4 Å². The van der Waals surface area contributed by atoms with Gasteiger partial charge in [-0.25, -0.2) is 13.6 Å². The summed E-state index contributed by atoms with van der Waals surface area (Å²) in [6.45, 7) is 4.27. The standard InChI is InChI=1S/C21H32F2O2/c1-3-5-6-7-8-9-10-11-13-18(12-4-2)25-21(24)17-14-15-19(22)20(23)16-17/h14-16,18H,3-13H2,1-2H3. The van der Waals surface area contributed by atoms with Gasteiger partial charge in [-0.1, -0.05) is 65.2 Å². The highest BCUT2D eigenvalue weighted by molar-refractivity contribution is 5.89. The second kappa shape index (κ2) is 12.8. The first-order valence-corrected chi connectivity index (χ1v) is 9.74. The van der Waals surface area contributed by atoms with Gasteiger partial charge >= 0.3 is 5.97 Å². The maximum atomic E-state index is 13.2. The van der Waals surface area contributed by atoms with Crippen LogP contribution in [0.4, 0.5) is 8.78 Å². The van der Waals surface area contributed by atoms with Gasteiger partial charge < -0.3 is 4.74 Å². The molecule has 0 heterocycles. The van der Waals surface area contributed by atoms with Crippen LogP contribution >= 0.6 is 0 Å². The number of unbranched alkanes of at least 4 members (excludes halogenated alkanes) is 7. The number of carbonyl (C=O) groups is 1. The highest BCUT2D eigenvalue weighted by Crippen LogP contribution is 2.17. The maximum Gasteiger partial charge on any atom is 0.338 e. The van der Waals surface area contributed by atoms with Crippen LogP contribution in [-0.4, -0.2) is 12.1 Å². The molecular formula is C21H32F2O2. The van der Waals surface area contributed by atoms with Crippen LogP contribution in [-0.2, 0) is 4.74 Å². The SMILES string of the molecule is CCCCCCCCCCC(CCC)OC(=O)c1ccc(F)c(F)c1. The number of hydrogen-bond donors (Lipinski definition) is 0. The molecule has 0 aliphatic rings. The third kappa shape index (κ3) is 8.99. The summed E-state index contributed by atoms with van der Waals surface area (Å²) in [4.78, 5) is 12.1. The number of rotatable bonds is 13. The smallest absolute Gasteiger partial charge is 0.338 e. The van der Waals surface area contributed by atoms with E-state index in [1.807, 2.05) is 6.92 Å². The monoisotopic (exact) mass is 354 g/mol. The predicted molar refractivity (Wildman–Crippen MR) is 97.7 cm³/mol. The first-order valence-electron chi connectivity index (χ1n) is 9.74. The highest BCUT2D eigenvalue weighted by atomic mass is 19.2. The van der Waals surface area contributed by atoms with Gasteiger partial charge in [-0.05, 0) is 37.5 Å². The normalized spacial score (nSPS) is 12.2. The zero-order valence-corrected chi connectivity index (χ0v) is 15.7. The third-order valence-corrected chi connectivity index (χ3v) is 4.42. The molecule has 0 amide bonds. The minimum atomic E-state index is -1.02. The third-order valence-electron chi connectivity index (χ3n) is 4.42. The van der Waals surface area contributed by atoms with Crippen LogP contribution in [0.25, 0.3) is 0 Å². The van der Waals surface area contributed by atoms with Gasteiger partial charge in [0.1, 0.15) is 6.10 Å². The van der Waals surface area contributed by atoms with Gasteiger partial charge in [-0.3, -0.25) is 0 Å². The molecule has 2 nitrogen and oxygen atoms in total. The Morgan fingerprint density at radius 2 is 1.52 bits per heavy atom. The van der Waals surface area contributed by atoms with Crippen molar-refractivity contribution in [1.29, 1.82) is 0 Å². The largest absolute Gasteiger partial charge is 0.459 e. The van der Waals surface area contributed by atoms with Crippen LogP contribution in [0.2, 0.25) is 0 Å².